The Bertz CT molecular complexity index is 971. The number of nitrogens with one attached hydrogen (secondary N) is 1. The average Bonchev–Trinajstić information content (AvgIpc) is 3.33. The zero-order valence-electron chi connectivity index (χ0n) is 17.2. The minimum atomic E-state index is 0.00275. The molecule has 1 unspecified atom stereocenters. The van der Waals surface area contributed by atoms with Gasteiger partial charge in [-0.05, 0) is 45.3 Å². The molecular formula is C22H29N5O2. The summed E-state index contributed by atoms with van der Waals surface area (Å²) in [5, 5.41) is 12.6. The Morgan fingerprint density at radius 2 is 2.00 bits per heavy atom. The van der Waals surface area contributed by atoms with Gasteiger partial charge < -0.3 is 14.3 Å². The summed E-state index contributed by atoms with van der Waals surface area (Å²) in [4.78, 5) is 14.8. The van der Waals surface area contributed by atoms with Gasteiger partial charge >= 0.3 is 0 Å². The van der Waals surface area contributed by atoms with Crippen LogP contribution in [0.25, 0.3) is 22.4 Å². The van der Waals surface area contributed by atoms with Crippen molar-refractivity contribution >= 4 is 16.8 Å². The van der Waals surface area contributed by atoms with Gasteiger partial charge in [-0.3, -0.25) is 9.69 Å². The van der Waals surface area contributed by atoms with E-state index in [1.807, 2.05) is 42.0 Å². The molecule has 1 saturated heterocycles. The van der Waals surface area contributed by atoms with Crippen molar-refractivity contribution in [2.75, 3.05) is 13.1 Å². The lowest BCUT2D eigenvalue weighted by molar-refractivity contribution is -0.122. The lowest BCUT2D eigenvalue weighted by Crippen LogP contribution is -2.34. The molecule has 1 atom stereocenters. The van der Waals surface area contributed by atoms with Crippen LogP contribution in [-0.2, 0) is 17.9 Å². The van der Waals surface area contributed by atoms with Crippen molar-refractivity contribution in [3.63, 3.8) is 0 Å². The number of carbonyl (C=O) groups is 1. The summed E-state index contributed by atoms with van der Waals surface area (Å²) in [5.74, 6) is 1.16. The van der Waals surface area contributed by atoms with Gasteiger partial charge in [0.05, 0.1) is 12.1 Å². The first-order valence-corrected chi connectivity index (χ1v) is 10.6. The van der Waals surface area contributed by atoms with Gasteiger partial charge in [-0.2, -0.15) is 0 Å². The molecule has 1 fully saturated rings. The van der Waals surface area contributed by atoms with E-state index in [2.05, 4.69) is 27.3 Å². The number of carbonyl (C=O) groups excluding carboxylic acids is 1. The van der Waals surface area contributed by atoms with Crippen LogP contribution >= 0.6 is 0 Å². The van der Waals surface area contributed by atoms with Crippen LogP contribution in [0.1, 0.15) is 45.4 Å². The molecule has 3 heterocycles. The molecule has 1 aliphatic rings. The second kappa shape index (κ2) is 8.78. The third-order valence-corrected chi connectivity index (χ3v) is 5.63. The van der Waals surface area contributed by atoms with Crippen LogP contribution in [0.2, 0.25) is 0 Å². The van der Waals surface area contributed by atoms with Gasteiger partial charge in [-0.15, -0.1) is 10.2 Å². The van der Waals surface area contributed by atoms with Crippen LogP contribution in [0.15, 0.2) is 34.9 Å². The van der Waals surface area contributed by atoms with Crippen LogP contribution in [0.3, 0.4) is 0 Å². The van der Waals surface area contributed by atoms with Crippen molar-refractivity contribution in [2.24, 2.45) is 0 Å². The van der Waals surface area contributed by atoms with Crippen molar-refractivity contribution in [3.05, 3.63) is 36.4 Å². The van der Waals surface area contributed by atoms with E-state index < -0.39 is 0 Å². The molecule has 0 aliphatic carbocycles. The molecule has 7 nitrogen and oxygen atoms in total. The summed E-state index contributed by atoms with van der Waals surface area (Å²) in [7, 11) is 0. The Hall–Kier alpha value is -2.67. The van der Waals surface area contributed by atoms with Gasteiger partial charge in [0.25, 0.3) is 0 Å². The van der Waals surface area contributed by atoms with Crippen LogP contribution in [0.5, 0.6) is 0 Å². The molecule has 29 heavy (non-hydrogen) atoms. The lowest BCUT2D eigenvalue weighted by Gasteiger charge is -2.24. The minimum Gasteiger partial charge on any atom is -0.419 e. The standard InChI is InChI=1S/C22H29N5O2/c1-3-16(2)23-20(28)14-27-13-18(17-9-5-6-10-19(17)27)22-25-24-21(29-22)15-26-11-7-4-8-12-26/h5-6,9-10,13,16H,3-4,7-8,11-12,14-15H2,1-2H3,(H,23,28). The van der Waals surface area contributed by atoms with Gasteiger partial charge in [0.1, 0.15) is 6.54 Å². The van der Waals surface area contributed by atoms with Crippen LogP contribution < -0.4 is 5.32 Å². The number of likely N-dealkylation sites (tertiary alicyclic amines) is 1. The maximum Gasteiger partial charge on any atom is 0.249 e. The number of amides is 1. The van der Waals surface area contributed by atoms with Crippen molar-refractivity contribution in [1.82, 2.24) is 25.0 Å². The quantitative estimate of drug-likeness (QED) is 0.662. The molecule has 3 aromatic rings. The van der Waals surface area contributed by atoms with Crippen molar-refractivity contribution in [2.45, 2.75) is 58.7 Å². The van der Waals surface area contributed by atoms with Crippen LogP contribution in [0, 0.1) is 0 Å². The summed E-state index contributed by atoms with van der Waals surface area (Å²) in [6, 6.07) is 8.17. The number of aromatic nitrogens is 3. The molecule has 7 heteroatoms. The Morgan fingerprint density at radius 1 is 1.21 bits per heavy atom. The number of benzene rings is 1. The molecule has 0 radical (unpaired) electrons. The van der Waals surface area contributed by atoms with E-state index in [-0.39, 0.29) is 18.5 Å². The molecule has 1 aromatic carbocycles. The van der Waals surface area contributed by atoms with Gasteiger partial charge in [0, 0.05) is 23.1 Å². The predicted molar refractivity (Wildman–Crippen MR) is 112 cm³/mol. The number of nitrogens with zero attached hydrogens (tertiary/aromatic N) is 4. The first kappa shape index (κ1) is 19.6. The Balaban J connectivity index is 1.57. The highest BCUT2D eigenvalue weighted by Crippen LogP contribution is 2.30. The fourth-order valence-corrected chi connectivity index (χ4v) is 3.86. The zero-order chi connectivity index (χ0) is 20.2. The molecule has 0 bridgehead atoms. The summed E-state index contributed by atoms with van der Waals surface area (Å²) in [6.07, 6.45) is 6.61. The third-order valence-electron chi connectivity index (χ3n) is 5.63. The number of hydrogen-bond donors (Lipinski definition) is 1. The van der Waals surface area contributed by atoms with Crippen molar-refractivity contribution in [1.29, 1.82) is 0 Å². The maximum atomic E-state index is 12.4. The highest BCUT2D eigenvalue weighted by molar-refractivity contribution is 5.94. The van der Waals surface area contributed by atoms with Crippen molar-refractivity contribution in [3.8, 4) is 11.5 Å². The summed E-state index contributed by atoms with van der Waals surface area (Å²) >= 11 is 0. The fraction of sp³-hybridized carbons (Fsp3) is 0.500. The molecule has 4 rings (SSSR count). The number of piperidine rings is 1. The van der Waals surface area contributed by atoms with E-state index >= 15 is 0 Å². The van der Waals surface area contributed by atoms with Crippen molar-refractivity contribution < 1.29 is 9.21 Å². The largest absolute Gasteiger partial charge is 0.419 e. The highest BCUT2D eigenvalue weighted by Gasteiger charge is 2.19. The number of rotatable bonds is 7. The third kappa shape index (κ3) is 4.50. The lowest BCUT2D eigenvalue weighted by atomic mass is 10.1. The molecular weight excluding hydrogens is 366 g/mol. The Morgan fingerprint density at radius 3 is 2.79 bits per heavy atom. The molecule has 2 aromatic heterocycles. The second-order valence-electron chi connectivity index (χ2n) is 7.90. The predicted octanol–water partition coefficient (Wildman–Crippen LogP) is 3.59. The highest BCUT2D eigenvalue weighted by atomic mass is 16.4. The molecule has 1 N–H and O–H groups in total. The zero-order valence-corrected chi connectivity index (χ0v) is 17.2. The van der Waals surface area contributed by atoms with Gasteiger partial charge in [0.15, 0.2) is 0 Å². The normalized spacial score (nSPS) is 16.2. The summed E-state index contributed by atoms with van der Waals surface area (Å²) < 4.78 is 7.96. The number of para-hydroxylation sites is 1. The topological polar surface area (TPSA) is 76.2 Å². The van der Waals surface area contributed by atoms with E-state index in [1.165, 1.54) is 19.3 Å². The fourth-order valence-electron chi connectivity index (χ4n) is 3.86. The number of fused-ring (bicyclic) bond motifs is 1. The second-order valence-corrected chi connectivity index (χ2v) is 7.90. The van der Waals surface area contributed by atoms with Gasteiger partial charge in [-0.25, -0.2) is 0 Å². The van der Waals surface area contributed by atoms with E-state index in [1.54, 1.807) is 0 Å². The van der Waals surface area contributed by atoms with E-state index in [4.69, 9.17) is 4.42 Å². The first-order chi connectivity index (χ1) is 14.1. The Kier molecular flexibility index (Phi) is 5.94. The smallest absolute Gasteiger partial charge is 0.249 e. The van der Waals surface area contributed by atoms with Gasteiger partial charge in [-0.1, -0.05) is 31.5 Å². The van der Waals surface area contributed by atoms with Crippen LogP contribution in [-0.4, -0.2) is 44.7 Å². The monoisotopic (exact) mass is 395 g/mol. The molecule has 0 saturated carbocycles. The van der Waals surface area contributed by atoms with Crippen LogP contribution in [0.4, 0.5) is 0 Å². The molecule has 154 valence electrons. The van der Waals surface area contributed by atoms with E-state index in [0.29, 0.717) is 18.3 Å². The minimum absolute atomic E-state index is 0.00275. The maximum absolute atomic E-state index is 12.4. The SMILES string of the molecule is CCC(C)NC(=O)Cn1cc(-c2nnc(CN3CCCCC3)o2)c2ccccc21. The molecule has 1 amide bonds. The molecule has 1 aliphatic heterocycles. The van der Waals surface area contributed by atoms with E-state index in [0.717, 1.165) is 36.0 Å². The van der Waals surface area contributed by atoms with Gasteiger partial charge in [0.2, 0.25) is 17.7 Å². The Labute approximate surface area is 171 Å². The number of hydrogen-bond acceptors (Lipinski definition) is 5. The van der Waals surface area contributed by atoms with E-state index in [9.17, 15) is 4.79 Å². The summed E-state index contributed by atoms with van der Waals surface area (Å²) in [6.45, 7) is 7.21. The first-order valence-electron chi connectivity index (χ1n) is 10.6. The summed E-state index contributed by atoms with van der Waals surface area (Å²) in [5.41, 5.74) is 1.85. The molecule has 0 spiro atoms. The average molecular weight is 396 g/mol.